The topological polar surface area (TPSA) is 131 Å². The van der Waals surface area contributed by atoms with Crippen molar-refractivity contribution in [1.82, 2.24) is 5.32 Å². The fourth-order valence-corrected chi connectivity index (χ4v) is 4.44. The predicted octanol–water partition coefficient (Wildman–Crippen LogP) is 2.50. The predicted molar refractivity (Wildman–Crippen MR) is 122 cm³/mol. The Bertz CT molecular complexity index is 1170. The Morgan fingerprint density at radius 3 is 2.44 bits per heavy atom. The van der Waals surface area contributed by atoms with E-state index in [2.05, 4.69) is 5.32 Å². The highest BCUT2D eigenvalue weighted by molar-refractivity contribution is 6.32. The summed E-state index contributed by atoms with van der Waals surface area (Å²) in [6.07, 6.45) is -0.832. The Morgan fingerprint density at radius 2 is 1.82 bits per heavy atom. The molecule has 2 aromatic rings. The van der Waals surface area contributed by atoms with Crippen molar-refractivity contribution in [2.45, 2.75) is 12.7 Å². The first-order chi connectivity index (χ1) is 16.2. The van der Waals surface area contributed by atoms with Crippen molar-refractivity contribution >= 4 is 46.5 Å². The summed E-state index contributed by atoms with van der Waals surface area (Å²) in [5.74, 6) is -1.52. The maximum Gasteiger partial charge on any atom is 0.335 e. The van der Waals surface area contributed by atoms with E-state index >= 15 is 0 Å². The quantitative estimate of drug-likeness (QED) is 0.284. The summed E-state index contributed by atoms with van der Waals surface area (Å²) in [4.78, 5) is 53.1. The van der Waals surface area contributed by atoms with Crippen LogP contribution in [0, 0.1) is 15.5 Å². The van der Waals surface area contributed by atoms with E-state index in [1.54, 1.807) is 11.0 Å². The molecule has 2 heterocycles. The zero-order chi connectivity index (χ0) is 24.6. The molecular weight excluding hydrogens is 468 g/mol. The Morgan fingerprint density at radius 1 is 1.15 bits per heavy atom. The number of methoxy groups -OCH3 is 2. The lowest BCUT2D eigenvalue weighted by Crippen LogP contribution is -2.69. The van der Waals surface area contributed by atoms with Gasteiger partial charge in [-0.3, -0.25) is 25.0 Å². The second-order valence-corrected chi connectivity index (χ2v) is 8.42. The summed E-state index contributed by atoms with van der Waals surface area (Å²) in [5.41, 5.74) is -0.644. The maximum absolute atomic E-state index is 13.8. The minimum atomic E-state index is -1.72. The average molecular weight is 489 g/mol. The molecule has 11 nitrogen and oxygen atoms in total. The van der Waals surface area contributed by atoms with Crippen molar-refractivity contribution in [1.29, 1.82) is 0 Å². The van der Waals surface area contributed by atoms with Gasteiger partial charge in [0.25, 0.3) is 11.6 Å². The van der Waals surface area contributed by atoms with Gasteiger partial charge in [-0.2, -0.15) is 0 Å². The maximum atomic E-state index is 13.8. The number of nitro groups is 1. The van der Waals surface area contributed by atoms with Crippen LogP contribution in [0.4, 0.5) is 21.9 Å². The fourth-order valence-electron chi connectivity index (χ4n) is 4.31. The van der Waals surface area contributed by atoms with Gasteiger partial charge < -0.3 is 14.4 Å². The standard InChI is InChI=1S/C22H21ClN4O7/c1-33-18(34-2)11-25-12-22(10-13-9-16(27(31)32)7-8-17(13)25)19(28)24-21(30)26(20(22)29)15-5-3-14(23)4-6-15/h3-9,18H,10-12H2,1-2H3,(H,24,28,30)/t22-/m1/s1. The molecule has 4 amide bonds. The molecule has 178 valence electrons. The number of ether oxygens (including phenoxy) is 2. The Kier molecular flexibility index (Phi) is 6.26. The number of non-ortho nitro benzene ring substituents is 1. The molecule has 1 spiro atoms. The Labute approximate surface area is 199 Å². The largest absolute Gasteiger partial charge is 0.365 e. The summed E-state index contributed by atoms with van der Waals surface area (Å²) in [6, 6.07) is 9.40. The van der Waals surface area contributed by atoms with Crippen LogP contribution < -0.4 is 15.1 Å². The Balaban J connectivity index is 1.81. The smallest absolute Gasteiger partial charge is 0.335 e. The van der Waals surface area contributed by atoms with Crippen LogP contribution in [0.5, 0.6) is 0 Å². The number of carbonyl (C=O) groups is 3. The van der Waals surface area contributed by atoms with Gasteiger partial charge in [0, 0.05) is 43.6 Å². The third kappa shape index (κ3) is 3.98. The molecule has 0 unspecified atom stereocenters. The number of halogens is 1. The number of anilines is 2. The van der Waals surface area contributed by atoms with E-state index in [0.29, 0.717) is 16.3 Å². The van der Waals surface area contributed by atoms with Crippen LogP contribution in [0.25, 0.3) is 0 Å². The zero-order valence-corrected chi connectivity index (χ0v) is 19.1. The molecule has 4 rings (SSSR count). The van der Waals surface area contributed by atoms with E-state index in [1.807, 2.05) is 0 Å². The first kappa shape index (κ1) is 23.6. The van der Waals surface area contributed by atoms with Crippen LogP contribution in [0.1, 0.15) is 5.56 Å². The van der Waals surface area contributed by atoms with Crippen molar-refractivity contribution in [2.24, 2.45) is 5.41 Å². The third-order valence-corrected chi connectivity index (χ3v) is 6.27. The first-order valence-electron chi connectivity index (χ1n) is 10.2. The van der Waals surface area contributed by atoms with Gasteiger partial charge in [0.05, 0.1) is 17.2 Å². The van der Waals surface area contributed by atoms with Gasteiger partial charge in [0.2, 0.25) is 5.91 Å². The number of nitrogens with zero attached hydrogens (tertiary/aromatic N) is 3. The molecule has 0 aromatic heterocycles. The van der Waals surface area contributed by atoms with Gasteiger partial charge in [0.15, 0.2) is 11.7 Å². The van der Waals surface area contributed by atoms with Gasteiger partial charge in [0.1, 0.15) is 0 Å². The highest BCUT2D eigenvalue weighted by Crippen LogP contribution is 2.42. The molecule has 1 atom stereocenters. The molecule has 2 aromatic carbocycles. The number of amides is 4. The van der Waals surface area contributed by atoms with Crippen molar-refractivity contribution in [2.75, 3.05) is 37.1 Å². The van der Waals surface area contributed by atoms with Crippen molar-refractivity contribution in [3.63, 3.8) is 0 Å². The number of nitro benzene ring substituents is 1. The summed E-state index contributed by atoms with van der Waals surface area (Å²) < 4.78 is 10.6. The number of benzene rings is 2. The van der Waals surface area contributed by atoms with Gasteiger partial charge in [-0.05, 0) is 42.3 Å². The van der Waals surface area contributed by atoms with Crippen LogP contribution in [-0.4, -0.2) is 56.4 Å². The van der Waals surface area contributed by atoms with E-state index in [-0.39, 0.29) is 30.9 Å². The van der Waals surface area contributed by atoms with Crippen molar-refractivity contribution in [3.05, 3.63) is 63.2 Å². The number of urea groups is 1. The molecule has 1 saturated heterocycles. The number of barbiturate groups is 1. The SMILES string of the molecule is COC(CN1C[C@]2(Cc3cc([N+](=O)[O-])ccc31)C(=O)NC(=O)N(c1ccc(Cl)cc1)C2=O)OC. The van der Waals surface area contributed by atoms with Gasteiger partial charge in [-0.1, -0.05) is 11.6 Å². The van der Waals surface area contributed by atoms with Gasteiger partial charge in [-0.15, -0.1) is 0 Å². The van der Waals surface area contributed by atoms with E-state index in [9.17, 15) is 24.5 Å². The molecule has 0 saturated carbocycles. The molecule has 2 aliphatic rings. The molecule has 1 N–H and O–H groups in total. The average Bonchev–Trinajstić information content (AvgIpc) is 2.82. The van der Waals surface area contributed by atoms with Crippen LogP contribution in [0.3, 0.4) is 0 Å². The van der Waals surface area contributed by atoms with Gasteiger partial charge >= 0.3 is 6.03 Å². The lowest BCUT2D eigenvalue weighted by Gasteiger charge is -2.46. The molecule has 0 aliphatic carbocycles. The number of rotatable bonds is 6. The van der Waals surface area contributed by atoms with Crippen LogP contribution in [0.15, 0.2) is 42.5 Å². The molecule has 2 aliphatic heterocycles. The molecule has 0 bridgehead atoms. The normalized spacial score (nSPS) is 20.1. The summed E-state index contributed by atoms with van der Waals surface area (Å²) in [7, 11) is 2.90. The molecule has 1 fully saturated rings. The molecule has 0 radical (unpaired) electrons. The number of carbonyl (C=O) groups excluding carboxylic acids is 3. The van der Waals surface area contributed by atoms with E-state index in [0.717, 1.165) is 4.90 Å². The minimum absolute atomic E-state index is 0.0942. The number of imide groups is 2. The number of hydrogen-bond acceptors (Lipinski definition) is 8. The van der Waals surface area contributed by atoms with E-state index in [4.69, 9.17) is 21.1 Å². The second-order valence-electron chi connectivity index (χ2n) is 7.99. The van der Waals surface area contributed by atoms with E-state index < -0.39 is 34.5 Å². The first-order valence-corrected chi connectivity index (χ1v) is 10.6. The van der Waals surface area contributed by atoms with Crippen LogP contribution in [0.2, 0.25) is 5.02 Å². The zero-order valence-electron chi connectivity index (χ0n) is 18.3. The van der Waals surface area contributed by atoms with Crippen LogP contribution in [-0.2, 0) is 25.5 Å². The highest BCUT2D eigenvalue weighted by atomic mass is 35.5. The van der Waals surface area contributed by atoms with Crippen LogP contribution >= 0.6 is 11.6 Å². The third-order valence-electron chi connectivity index (χ3n) is 6.02. The fraction of sp³-hybridized carbons (Fsp3) is 0.318. The summed E-state index contributed by atoms with van der Waals surface area (Å²) >= 11 is 5.94. The monoisotopic (exact) mass is 488 g/mol. The minimum Gasteiger partial charge on any atom is -0.365 e. The lowest BCUT2D eigenvalue weighted by molar-refractivity contribution is -0.384. The Hall–Kier alpha value is -3.54. The van der Waals surface area contributed by atoms with Crippen molar-refractivity contribution in [3.8, 4) is 0 Å². The number of nitrogens with one attached hydrogen (secondary N) is 1. The van der Waals surface area contributed by atoms with Crippen molar-refractivity contribution < 1.29 is 28.8 Å². The van der Waals surface area contributed by atoms with Gasteiger partial charge in [-0.25, -0.2) is 9.69 Å². The molecular formula is C22H21ClN4O7. The van der Waals surface area contributed by atoms with E-state index in [1.165, 1.54) is 50.6 Å². The highest BCUT2D eigenvalue weighted by Gasteiger charge is 2.57. The summed E-state index contributed by atoms with van der Waals surface area (Å²) in [5, 5.41) is 14.1. The molecule has 12 heteroatoms. The lowest BCUT2D eigenvalue weighted by atomic mass is 9.74. The second kappa shape index (κ2) is 9.01. The summed E-state index contributed by atoms with van der Waals surface area (Å²) in [6.45, 7) is 0.0398. The number of fused-ring (bicyclic) bond motifs is 1. The molecule has 34 heavy (non-hydrogen) atoms. The number of hydrogen-bond donors (Lipinski definition) is 1.